The Labute approximate surface area is 96.4 Å². The van der Waals surface area contributed by atoms with Crippen LogP contribution < -0.4 is 0 Å². The van der Waals surface area contributed by atoms with E-state index >= 15 is 0 Å². The summed E-state index contributed by atoms with van der Waals surface area (Å²) in [5.74, 6) is 0. The molecule has 2 unspecified atom stereocenters. The van der Waals surface area contributed by atoms with Crippen LogP contribution in [0, 0.1) is 0 Å². The van der Waals surface area contributed by atoms with Crippen LogP contribution in [0.15, 0.2) is 30.3 Å². The first-order valence-corrected chi connectivity index (χ1v) is 5.96. The first-order valence-electron chi connectivity index (χ1n) is 4.53. The van der Waals surface area contributed by atoms with E-state index in [2.05, 4.69) is 0 Å². The van der Waals surface area contributed by atoms with Crippen molar-refractivity contribution in [2.45, 2.75) is 25.4 Å². The fourth-order valence-corrected chi connectivity index (χ4v) is 2.42. The van der Waals surface area contributed by atoms with Gasteiger partial charge in [0.2, 0.25) is 0 Å². The summed E-state index contributed by atoms with van der Waals surface area (Å²) in [5, 5.41) is 0. The van der Waals surface area contributed by atoms with Gasteiger partial charge in [0.1, 0.15) is 0 Å². The number of benzene rings is 1. The van der Waals surface area contributed by atoms with E-state index in [-0.39, 0.29) is 23.0 Å². The largest absolute Gasteiger partial charge is 0.346 e. The molecular formula is C10H18AlO2P. The fourth-order valence-electron chi connectivity index (χ4n) is 1.41. The Hall–Kier alpha value is -0.0575. The zero-order chi connectivity index (χ0) is 9.68. The lowest BCUT2D eigenvalue weighted by molar-refractivity contribution is 0.485. The van der Waals surface area contributed by atoms with Crippen molar-refractivity contribution in [1.29, 1.82) is 0 Å². The Morgan fingerprint density at radius 2 is 1.93 bits per heavy atom. The second kappa shape index (κ2) is 7.26. The molecule has 0 amide bonds. The molecule has 0 fully saturated rings. The van der Waals surface area contributed by atoms with Crippen LogP contribution in [0.4, 0.5) is 0 Å². The lowest BCUT2D eigenvalue weighted by Crippen LogP contribution is -1.92. The first-order chi connectivity index (χ1) is 6.25. The highest BCUT2D eigenvalue weighted by molar-refractivity contribution is 7.38. The van der Waals surface area contributed by atoms with E-state index in [1.807, 2.05) is 37.3 Å². The van der Waals surface area contributed by atoms with Crippen LogP contribution in [0.3, 0.4) is 0 Å². The molecule has 0 aromatic heterocycles. The normalized spacial score (nSPS) is 14.1. The number of hydrogen-bond donors (Lipinski definition) is 1. The fraction of sp³-hybridized carbons (Fsp3) is 0.400. The Balaban J connectivity index is 0.00000169. The molecule has 0 aliphatic heterocycles. The molecule has 0 radical (unpaired) electrons. The summed E-state index contributed by atoms with van der Waals surface area (Å²) in [6.07, 6.45) is 1.73. The maximum atomic E-state index is 11.1. The molecule has 0 aliphatic carbocycles. The molecule has 0 saturated carbocycles. The van der Waals surface area contributed by atoms with Gasteiger partial charge in [-0.2, -0.15) is 0 Å². The zero-order valence-electron chi connectivity index (χ0n) is 7.73. The second-order valence-electron chi connectivity index (χ2n) is 3.09. The number of hydrogen-bond acceptors (Lipinski definition) is 1. The van der Waals surface area contributed by atoms with E-state index < -0.39 is 8.03 Å². The summed E-state index contributed by atoms with van der Waals surface area (Å²) in [5.41, 5.74) is 0.826. The van der Waals surface area contributed by atoms with E-state index in [0.29, 0.717) is 0 Å². The van der Waals surface area contributed by atoms with Crippen molar-refractivity contribution in [3.8, 4) is 0 Å². The third kappa shape index (κ3) is 3.99. The molecule has 0 saturated heterocycles. The molecule has 14 heavy (non-hydrogen) atoms. The van der Waals surface area contributed by atoms with Crippen LogP contribution >= 0.6 is 8.03 Å². The average Bonchev–Trinajstić information content (AvgIpc) is 2.15. The average molecular weight is 228 g/mol. The zero-order valence-corrected chi connectivity index (χ0v) is 8.73. The van der Waals surface area contributed by atoms with Gasteiger partial charge in [-0.25, -0.2) is 0 Å². The molecule has 1 aromatic carbocycles. The first kappa shape index (κ1) is 13.9. The summed E-state index contributed by atoms with van der Waals surface area (Å²) in [4.78, 5) is 9.14. The highest BCUT2D eigenvalue weighted by Crippen LogP contribution is 2.40. The summed E-state index contributed by atoms with van der Waals surface area (Å²) >= 11 is 0. The number of rotatable bonds is 4. The molecule has 78 valence electrons. The van der Waals surface area contributed by atoms with Crippen molar-refractivity contribution >= 4 is 25.4 Å². The van der Waals surface area contributed by atoms with E-state index in [1.165, 1.54) is 0 Å². The SMILES string of the molecule is CCCC(c1ccccc1)[PH](=O)O.[AlH3]. The Kier molecular flexibility index (Phi) is 7.23. The minimum atomic E-state index is -2.44. The third-order valence-electron chi connectivity index (χ3n) is 2.08. The molecule has 2 atom stereocenters. The van der Waals surface area contributed by atoms with Gasteiger partial charge < -0.3 is 4.89 Å². The van der Waals surface area contributed by atoms with Gasteiger partial charge in [-0.15, -0.1) is 0 Å². The van der Waals surface area contributed by atoms with Crippen LogP contribution in [0.5, 0.6) is 0 Å². The van der Waals surface area contributed by atoms with Crippen molar-refractivity contribution in [2.24, 2.45) is 0 Å². The predicted octanol–water partition coefficient (Wildman–Crippen LogP) is 1.81. The topological polar surface area (TPSA) is 37.3 Å². The molecular weight excluding hydrogens is 210 g/mol. The standard InChI is InChI=1S/C10H15O2P.Al.3H/c1-2-6-10(13(11)12)9-7-4-3-5-8-9;;;;/h3-5,7-8,10,13H,2,6H2,1H3,(H,11,12);;;;. The summed E-state index contributed by atoms with van der Waals surface area (Å²) in [6, 6.07) is 9.56. The van der Waals surface area contributed by atoms with Crippen LogP contribution in [0.2, 0.25) is 0 Å². The quantitative estimate of drug-likeness (QED) is 0.630. The Morgan fingerprint density at radius 3 is 2.36 bits per heavy atom. The van der Waals surface area contributed by atoms with Crippen molar-refractivity contribution in [3.63, 3.8) is 0 Å². The lowest BCUT2D eigenvalue weighted by Gasteiger charge is -2.12. The van der Waals surface area contributed by atoms with Gasteiger partial charge in [0.05, 0.1) is 5.66 Å². The summed E-state index contributed by atoms with van der Waals surface area (Å²) in [7, 11) is -2.44. The Morgan fingerprint density at radius 1 is 1.36 bits per heavy atom. The second-order valence-corrected chi connectivity index (χ2v) is 4.46. The van der Waals surface area contributed by atoms with E-state index in [9.17, 15) is 4.57 Å². The summed E-state index contributed by atoms with van der Waals surface area (Å²) < 4.78 is 11.1. The minimum Gasteiger partial charge on any atom is -0.346 e. The monoisotopic (exact) mass is 228 g/mol. The predicted molar refractivity (Wildman–Crippen MR) is 65.3 cm³/mol. The van der Waals surface area contributed by atoms with E-state index in [0.717, 1.165) is 18.4 Å². The van der Waals surface area contributed by atoms with Crippen molar-refractivity contribution < 1.29 is 9.46 Å². The van der Waals surface area contributed by atoms with Crippen LogP contribution in [0.25, 0.3) is 0 Å². The lowest BCUT2D eigenvalue weighted by atomic mass is 10.1. The molecule has 0 bridgehead atoms. The smallest absolute Gasteiger partial charge is 0.196 e. The van der Waals surface area contributed by atoms with Crippen LogP contribution in [-0.4, -0.2) is 22.3 Å². The van der Waals surface area contributed by atoms with Gasteiger partial charge in [0, 0.05) is 0 Å². The van der Waals surface area contributed by atoms with Crippen LogP contribution in [-0.2, 0) is 4.57 Å². The molecule has 2 nitrogen and oxygen atoms in total. The molecule has 0 aliphatic rings. The minimum absolute atomic E-state index is 0. The maximum absolute atomic E-state index is 11.1. The van der Waals surface area contributed by atoms with Gasteiger partial charge >= 0.3 is 0 Å². The Bertz CT molecular complexity index is 277. The van der Waals surface area contributed by atoms with Crippen molar-refractivity contribution in [1.82, 2.24) is 0 Å². The van der Waals surface area contributed by atoms with Gasteiger partial charge in [0.25, 0.3) is 0 Å². The molecule has 1 N–H and O–H groups in total. The molecule has 1 aromatic rings. The van der Waals surface area contributed by atoms with Crippen molar-refractivity contribution in [2.75, 3.05) is 0 Å². The van der Waals surface area contributed by atoms with Crippen LogP contribution in [0.1, 0.15) is 31.0 Å². The molecule has 0 spiro atoms. The molecule has 0 heterocycles. The van der Waals surface area contributed by atoms with Gasteiger partial charge in [-0.05, 0) is 12.0 Å². The van der Waals surface area contributed by atoms with Gasteiger partial charge in [0.15, 0.2) is 25.4 Å². The maximum Gasteiger partial charge on any atom is 0.196 e. The van der Waals surface area contributed by atoms with Gasteiger partial charge in [-0.1, -0.05) is 43.7 Å². The highest BCUT2D eigenvalue weighted by Gasteiger charge is 2.14. The molecule has 1 rings (SSSR count). The highest BCUT2D eigenvalue weighted by atomic mass is 31.1. The van der Waals surface area contributed by atoms with Gasteiger partial charge in [-0.3, -0.25) is 4.57 Å². The third-order valence-corrected chi connectivity index (χ3v) is 3.30. The van der Waals surface area contributed by atoms with E-state index in [1.54, 1.807) is 0 Å². The molecule has 4 heteroatoms. The van der Waals surface area contributed by atoms with E-state index in [4.69, 9.17) is 4.89 Å². The van der Waals surface area contributed by atoms with Crippen molar-refractivity contribution in [3.05, 3.63) is 35.9 Å². The summed E-state index contributed by atoms with van der Waals surface area (Å²) in [6.45, 7) is 2.03.